The number of carboxylic acid groups (broad SMARTS) is 1. The SMILES string of the molecule is COc1ccccc1C1C(C(=O)O)N(S(=O)(=O)c2ccccc2)CC(=O)N1Cc1ccccc1. The number of carbonyl (C=O) groups excluding carboxylic acids is 1. The number of amides is 1. The minimum Gasteiger partial charge on any atom is -0.496 e. The fourth-order valence-electron chi connectivity index (χ4n) is 4.24. The van der Waals surface area contributed by atoms with Crippen molar-refractivity contribution in [3.8, 4) is 5.75 Å². The molecule has 1 amide bonds. The van der Waals surface area contributed by atoms with Crippen molar-refractivity contribution < 1.29 is 27.9 Å². The number of carboxylic acids is 1. The molecule has 4 rings (SSSR count). The Hall–Kier alpha value is -3.69. The maximum atomic E-state index is 13.5. The van der Waals surface area contributed by atoms with Gasteiger partial charge in [0.25, 0.3) is 0 Å². The number of sulfonamides is 1. The average Bonchev–Trinajstić information content (AvgIpc) is 2.85. The van der Waals surface area contributed by atoms with Crippen molar-refractivity contribution in [2.24, 2.45) is 0 Å². The van der Waals surface area contributed by atoms with Crippen LogP contribution in [0.2, 0.25) is 0 Å². The molecule has 0 radical (unpaired) electrons. The third-order valence-corrected chi connectivity index (χ3v) is 7.65. The molecule has 0 bridgehead atoms. The number of ether oxygens (including phenoxy) is 1. The van der Waals surface area contributed by atoms with E-state index in [1.54, 1.807) is 42.5 Å². The molecule has 176 valence electrons. The summed E-state index contributed by atoms with van der Waals surface area (Å²) in [6.07, 6.45) is 0. The first kappa shape index (κ1) is 23.5. The molecular weight excluding hydrogens is 456 g/mol. The molecule has 0 aromatic heterocycles. The van der Waals surface area contributed by atoms with Gasteiger partial charge in [0.1, 0.15) is 11.8 Å². The maximum absolute atomic E-state index is 13.5. The van der Waals surface area contributed by atoms with Gasteiger partial charge in [0.15, 0.2) is 0 Å². The lowest BCUT2D eigenvalue weighted by atomic mass is 9.93. The van der Waals surface area contributed by atoms with Crippen molar-refractivity contribution in [1.82, 2.24) is 9.21 Å². The highest BCUT2D eigenvalue weighted by Crippen LogP contribution is 2.39. The van der Waals surface area contributed by atoms with Crippen LogP contribution in [0.4, 0.5) is 0 Å². The van der Waals surface area contributed by atoms with Gasteiger partial charge in [-0.1, -0.05) is 66.7 Å². The van der Waals surface area contributed by atoms with Crippen LogP contribution >= 0.6 is 0 Å². The normalized spacial score (nSPS) is 19.1. The molecule has 3 aromatic rings. The van der Waals surface area contributed by atoms with Gasteiger partial charge in [-0.2, -0.15) is 4.31 Å². The van der Waals surface area contributed by atoms with Gasteiger partial charge in [-0.25, -0.2) is 8.42 Å². The summed E-state index contributed by atoms with van der Waals surface area (Å²) in [4.78, 5) is 27.4. The van der Waals surface area contributed by atoms with Gasteiger partial charge >= 0.3 is 5.97 Å². The molecule has 8 nitrogen and oxygen atoms in total. The number of carbonyl (C=O) groups is 2. The van der Waals surface area contributed by atoms with Crippen molar-refractivity contribution >= 4 is 21.9 Å². The molecule has 1 aliphatic heterocycles. The Bertz CT molecular complexity index is 1280. The van der Waals surface area contributed by atoms with E-state index in [2.05, 4.69) is 0 Å². The predicted molar refractivity (Wildman–Crippen MR) is 124 cm³/mol. The average molecular weight is 481 g/mol. The minimum absolute atomic E-state index is 0.0793. The summed E-state index contributed by atoms with van der Waals surface area (Å²) in [5.41, 5.74) is 1.20. The molecule has 1 fully saturated rings. The molecule has 1 N–H and O–H groups in total. The number of benzene rings is 3. The second-order valence-electron chi connectivity index (χ2n) is 7.84. The smallest absolute Gasteiger partial charge is 0.324 e. The van der Waals surface area contributed by atoms with E-state index in [1.807, 2.05) is 30.3 Å². The molecule has 1 saturated heterocycles. The van der Waals surface area contributed by atoms with Crippen LogP contribution in [0, 0.1) is 0 Å². The number of methoxy groups -OCH3 is 1. The standard InChI is InChI=1S/C25H24N2O6S/c1-33-21-15-9-8-14-20(21)23-24(25(29)30)27(34(31,32)19-12-6-3-7-13-19)17-22(28)26(23)16-18-10-4-2-5-11-18/h2-15,23-24H,16-17H2,1H3,(H,29,30). The van der Waals surface area contributed by atoms with Crippen molar-refractivity contribution in [2.75, 3.05) is 13.7 Å². The molecule has 2 atom stereocenters. The summed E-state index contributed by atoms with van der Waals surface area (Å²) >= 11 is 0. The fourth-order valence-corrected chi connectivity index (χ4v) is 5.80. The molecule has 0 saturated carbocycles. The molecule has 1 heterocycles. The third-order valence-electron chi connectivity index (χ3n) is 5.81. The van der Waals surface area contributed by atoms with Crippen molar-refractivity contribution in [3.05, 3.63) is 96.1 Å². The van der Waals surface area contributed by atoms with E-state index in [-0.39, 0.29) is 11.4 Å². The summed E-state index contributed by atoms with van der Waals surface area (Å²) < 4.78 is 33.3. The van der Waals surface area contributed by atoms with Crippen LogP contribution in [-0.2, 0) is 26.2 Å². The Labute approximate surface area is 198 Å². The summed E-state index contributed by atoms with van der Waals surface area (Å²) in [5.74, 6) is -1.50. The van der Waals surface area contributed by atoms with Gasteiger partial charge in [0.05, 0.1) is 24.6 Å². The number of aliphatic carboxylic acids is 1. The van der Waals surface area contributed by atoms with Crippen LogP contribution in [0.5, 0.6) is 5.75 Å². The molecule has 1 aliphatic rings. The van der Waals surface area contributed by atoms with Crippen LogP contribution in [0.3, 0.4) is 0 Å². The number of nitrogens with zero attached hydrogens (tertiary/aromatic N) is 2. The molecule has 9 heteroatoms. The predicted octanol–water partition coefficient (Wildman–Crippen LogP) is 2.92. The number of para-hydroxylation sites is 1. The van der Waals surface area contributed by atoms with Crippen LogP contribution < -0.4 is 4.74 Å². The van der Waals surface area contributed by atoms with Gasteiger partial charge in [-0.3, -0.25) is 9.59 Å². The lowest BCUT2D eigenvalue weighted by molar-refractivity contribution is -0.153. The largest absolute Gasteiger partial charge is 0.496 e. The number of hydrogen-bond donors (Lipinski definition) is 1. The monoisotopic (exact) mass is 480 g/mol. The Kier molecular flexibility index (Phi) is 6.67. The topological polar surface area (TPSA) is 104 Å². The Morgan fingerprint density at radius 1 is 0.971 bits per heavy atom. The lowest BCUT2D eigenvalue weighted by Crippen LogP contribution is -2.61. The summed E-state index contributed by atoms with van der Waals surface area (Å²) in [7, 11) is -2.84. The molecule has 3 aromatic carbocycles. The highest BCUT2D eigenvalue weighted by atomic mass is 32.2. The quantitative estimate of drug-likeness (QED) is 0.558. The van der Waals surface area contributed by atoms with Crippen LogP contribution in [0.15, 0.2) is 89.8 Å². The summed E-state index contributed by atoms with van der Waals surface area (Å²) in [5, 5.41) is 10.3. The maximum Gasteiger partial charge on any atom is 0.324 e. The van der Waals surface area contributed by atoms with E-state index in [4.69, 9.17) is 4.74 Å². The lowest BCUT2D eigenvalue weighted by Gasteiger charge is -2.45. The zero-order valence-corrected chi connectivity index (χ0v) is 19.3. The minimum atomic E-state index is -4.28. The van der Waals surface area contributed by atoms with E-state index in [1.165, 1.54) is 24.1 Å². The van der Waals surface area contributed by atoms with Crippen molar-refractivity contribution in [3.63, 3.8) is 0 Å². The first-order chi connectivity index (χ1) is 16.3. The number of rotatable bonds is 7. The van der Waals surface area contributed by atoms with Crippen LogP contribution in [0.1, 0.15) is 17.2 Å². The fraction of sp³-hybridized carbons (Fsp3) is 0.200. The van der Waals surface area contributed by atoms with Gasteiger partial charge in [0.2, 0.25) is 15.9 Å². The molecular formula is C25H24N2O6S. The van der Waals surface area contributed by atoms with Crippen LogP contribution in [-0.4, -0.2) is 54.3 Å². The number of piperazine rings is 1. The Morgan fingerprint density at radius 2 is 1.56 bits per heavy atom. The van der Waals surface area contributed by atoms with Crippen LogP contribution in [0.25, 0.3) is 0 Å². The van der Waals surface area contributed by atoms with Gasteiger partial charge in [-0.05, 0) is 23.8 Å². The van der Waals surface area contributed by atoms with E-state index in [0.717, 1.165) is 9.87 Å². The van der Waals surface area contributed by atoms with Gasteiger partial charge in [0, 0.05) is 12.1 Å². The zero-order chi connectivity index (χ0) is 24.3. The second-order valence-corrected chi connectivity index (χ2v) is 9.73. The van der Waals surface area contributed by atoms with Gasteiger partial charge < -0.3 is 14.7 Å². The van der Waals surface area contributed by atoms with E-state index >= 15 is 0 Å². The second kappa shape index (κ2) is 9.66. The van der Waals surface area contributed by atoms with E-state index in [0.29, 0.717) is 11.3 Å². The first-order valence-electron chi connectivity index (χ1n) is 10.6. The van der Waals surface area contributed by atoms with E-state index in [9.17, 15) is 23.1 Å². The van der Waals surface area contributed by atoms with E-state index < -0.39 is 40.5 Å². The number of hydrogen-bond acceptors (Lipinski definition) is 5. The first-order valence-corrected chi connectivity index (χ1v) is 12.0. The van der Waals surface area contributed by atoms with Gasteiger partial charge in [-0.15, -0.1) is 0 Å². The molecule has 2 unspecified atom stereocenters. The Morgan fingerprint density at radius 3 is 2.18 bits per heavy atom. The highest BCUT2D eigenvalue weighted by molar-refractivity contribution is 7.89. The van der Waals surface area contributed by atoms with Crippen molar-refractivity contribution in [1.29, 1.82) is 0 Å². The third kappa shape index (κ3) is 4.40. The zero-order valence-electron chi connectivity index (χ0n) is 18.4. The Balaban J connectivity index is 1.88. The highest BCUT2D eigenvalue weighted by Gasteiger charge is 2.51. The molecule has 34 heavy (non-hydrogen) atoms. The molecule has 0 spiro atoms. The molecule has 0 aliphatic carbocycles. The summed E-state index contributed by atoms with van der Waals surface area (Å²) in [6, 6.07) is 20.7. The van der Waals surface area contributed by atoms with Crippen molar-refractivity contribution in [2.45, 2.75) is 23.5 Å². The summed E-state index contributed by atoms with van der Waals surface area (Å²) in [6.45, 7) is -0.474.